The van der Waals surface area contributed by atoms with Crippen molar-refractivity contribution in [2.24, 2.45) is 0 Å². The standard InChI is InChI=1S/C14H20N2O4S/c1-15(2)21(19,20)13-6-4-3-5-12(13)16(11-7-8-11)10-9-14(17)18/h3-6,11H,7-10H2,1-2H3,(H,17,18). The van der Waals surface area contributed by atoms with Crippen LogP contribution in [-0.2, 0) is 14.8 Å². The van der Waals surface area contributed by atoms with E-state index in [4.69, 9.17) is 5.11 Å². The highest BCUT2D eigenvalue weighted by atomic mass is 32.2. The molecule has 1 N–H and O–H groups in total. The monoisotopic (exact) mass is 312 g/mol. The average Bonchev–Trinajstić information content (AvgIpc) is 3.23. The lowest BCUT2D eigenvalue weighted by Crippen LogP contribution is -2.31. The largest absolute Gasteiger partial charge is 0.481 e. The van der Waals surface area contributed by atoms with Gasteiger partial charge >= 0.3 is 5.97 Å². The number of benzene rings is 1. The molecule has 1 fully saturated rings. The summed E-state index contributed by atoms with van der Waals surface area (Å²) in [7, 11) is -0.571. The first kappa shape index (κ1) is 15.8. The van der Waals surface area contributed by atoms with E-state index in [2.05, 4.69) is 0 Å². The highest BCUT2D eigenvalue weighted by Gasteiger charge is 2.33. The van der Waals surface area contributed by atoms with Crippen LogP contribution in [0.5, 0.6) is 0 Å². The molecule has 1 saturated carbocycles. The van der Waals surface area contributed by atoms with Gasteiger partial charge in [-0.05, 0) is 25.0 Å². The summed E-state index contributed by atoms with van der Waals surface area (Å²) in [5.41, 5.74) is 0.593. The Morgan fingerprint density at radius 3 is 2.43 bits per heavy atom. The molecule has 1 aromatic carbocycles. The number of carbonyl (C=O) groups is 1. The highest BCUT2D eigenvalue weighted by molar-refractivity contribution is 7.89. The van der Waals surface area contributed by atoms with Crippen LogP contribution in [0.2, 0.25) is 0 Å². The van der Waals surface area contributed by atoms with E-state index in [1.165, 1.54) is 18.4 Å². The van der Waals surface area contributed by atoms with Crippen LogP contribution in [0.3, 0.4) is 0 Å². The molecule has 0 bridgehead atoms. The Morgan fingerprint density at radius 1 is 1.29 bits per heavy atom. The Morgan fingerprint density at radius 2 is 1.90 bits per heavy atom. The maximum absolute atomic E-state index is 12.4. The van der Waals surface area contributed by atoms with Crippen molar-refractivity contribution in [2.75, 3.05) is 25.5 Å². The zero-order valence-corrected chi connectivity index (χ0v) is 13.0. The minimum absolute atomic E-state index is 0.00710. The maximum Gasteiger partial charge on any atom is 0.305 e. The maximum atomic E-state index is 12.4. The fraction of sp³-hybridized carbons (Fsp3) is 0.500. The summed E-state index contributed by atoms with van der Waals surface area (Å²) >= 11 is 0. The average molecular weight is 312 g/mol. The van der Waals surface area contributed by atoms with Gasteiger partial charge in [0.15, 0.2) is 0 Å². The third-order valence-electron chi connectivity index (χ3n) is 3.49. The molecule has 0 aromatic heterocycles. The second-order valence-corrected chi connectivity index (χ2v) is 7.44. The highest BCUT2D eigenvalue weighted by Crippen LogP contribution is 2.35. The Hall–Kier alpha value is -1.60. The third-order valence-corrected chi connectivity index (χ3v) is 5.35. The number of nitrogens with zero attached hydrogens (tertiary/aromatic N) is 2. The van der Waals surface area contributed by atoms with Crippen molar-refractivity contribution in [2.45, 2.75) is 30.2 Å². The first-order valence-corrected chi connectivity index (χ1v) is 8.28. The number of carboxylic acid groups (broad SMARTS) is 1. The molecular weight excluding hydrogens is 292 g/mol. The molecule has 116 valence electrons. The molecule has 0 heterocycles. The van der Waals surface area contributed by atoms with Crippen molar-refractivity contribution in [1.29, 1.82) is 0 Å². The molecule has 0 saturated heterocycles. The van der Waals surface area contributed by atoms with Gasteiger partial charge < -0.3 is 10.0 Å². The minimum atomic E-state index is -3.55. The van der Waals surface area contributed by atoms with Crippen molar-refractivity contribution in [3.05, 3.63) is 24.3 Å². The van der Waals surface area contributed by atoms with Gasteiger partial charge in [-0.1, -0.05) is 12.1 Å². The second-order valence-electron chi connectivity index (χ2n) is 5.32. The van der Waals surface area contributed by atoms with Crippen LogP contribution in [0.25, 0.3) is 0 Å². The van der Waals surface area contributed by atoms with Gasteiger partial charge in [0.2, 0.25) is 10.0 Å². The van der Waals surface area contributed by atoms with Gasteiger partial charge in [0, 0.05) is 26.7 Å². The van der Waals surface area contributed by atoms with Crippen molar-refractivity contribution >= 4 is 21.7 Å². The summed E-state index contributed by atoms with van der Waals surface area (Å²) in [6.07, 6.45) is 1.93. The number of sulfonamides is 1. The lowest BCUT2D eigenvalue weighted by atomic mass is 10.2. The lowest BCUT2D eigenvalue weighted by Gasteiger charge is -2.27. The van der Waals surface area contributed by atoms with E-state index >= 15 is 0 Å². The first-order chi connectivity index (χ1) is 9.84. The predicted octanol–water partition coefficient (Wildman–Crippen LogP) is 1.38. The van der Waals surface area contributed by atoms with Crippen molar-refractivity contribution in [3.8, 4) is 0 Å². The molecule has 0 unspecified atom stereocenters. The second kappa shape index (κ2) is 6.03. The van der Waals surface area contributed by atoms with Gasteiger partial charge in [0.05, 0.1) is 12.1 Å². The van der Waals surface area contributed by atoms with Crippen molar-refractivity contribution < 1.29 is 18.3 Å². The van der Waals surface area contributed by atoms with Crippen LogP contribution >= 0.6 is 0 Å². The number of hydrogen-bond donors (Lipinski definition) is 1. The van der Waals surface area contributed by atoms with Crippen LogP contribution in [0.15, 0.2) is 29.2 Å². The number of para-hydroxylation sites is 1. The van der Waals surface area contributed by atoms with Crippen LogP contribution in [0, 0.1) is 0 Å². The summed E-state index contributed by atoms with van der Waals surface area (Å²) < 4.78 is 26.0. The van der Waals surface area contributed by atoms with E-state index in [1.807, 2.05) is 4.90 Å². The Kier molecular flexibility index (Phi) is 4.53. The molecule has 6 nitrogen and oxygen atoms in total. The number of aliphatic carboxylic acids is 1. The third kappa shape index (κ3) is 3.54. The summed E-state index contributed by atoms with van der Waals surface area (Å²) in [5.74, 6) is -0.881. The molecule has 0 amide bonds. The summed E-state index contributed by atoms with van der Waals surface area (Å²) in [6, 6.07) is 7.02. The predicted molar refractivity (Wildman–Crippen MR) is 79.9 cm³/mol. The number of hydrogen-bond acceptors (Lipinski definition) is 4. The number of rotatable bonds is 7. The van der Waals surface area contributed by atoms with E-state index in [1.54, 1.807) is 24.3 Å². The molecule has 1 aliphatic carbocycles. The summed E-state index contributed by atoms with van der Waals surface area (Å²) in [5, 5.41) is 8.88. The lowest BCUT2D eigenvalue weighted by molar-refractivity contribution is -0.136. The van der Waals surface area contributed by atoms with Gasteiger partial charge in [0.25, 0.3) is 0 Å². The van der Waals surface area contributed by atoms with Crippen LogP contribution < -0.4 is 4.90 Å². The molecule has 21 heavy (non-hydrogen) atoms. The summed E-state index contributed by atoms with van der Waals surface area (Å²) in [4.78, 5) is 13.0. The normalized spacial score (nSPS) is 15.2. The Bertz CT molecular complexity index is 624. The quantitative estimate of drug-likeness (QED) is 0.823. The molecular formula is C14H20N2O4S. The molecule has 1 aliphatic rings. The molecule has 0 spiro atoms. The Balaban J connectivity index is 2.39. The topological polar surface area (TPSA) is 77.9 Å². The van der Waals surface area contributed by atoms with Crippen LogP contribution in [-0.4, -0.2) is 50.5 Å². The molecule has 1 aromatic rings. The van der Waals surface area contributed by atoms with E-state index in [0.29, 0.717) is 12.2 Å². The van der Waals surface area contributed by atoms with Crippen LogP contribution in [0.1, 0.15) is 19.3 Å². The van der Waals surface area contributed by atoms with Gasteiger partial charge in [-0.15, -0.1) is 0 Å². The van der Waals surface area contributed by atoms with Crippen LogP contribution in [0.4, 0.5) is 5.69 Å². The first-order valence-electron chi connectivity index (χ1n) is 6.84. The molecule has 7 heteroatoms. The Labute approximate surface area is 125 Å². The van der Waals surface area contributed by atoms with Gasteiger partial charge in [-0.25, -0.2) is 12.7 Å². The molecule has 0 aliphatic heterocycles. The number of carboxylic acids is 1. The fourth-order valence-corrected chi connectivity index (χ4v) is 3.30. The van der Waals surface area contributed by atoms with E-state index in [-0.39, 0.29) is 17.4 Å². The molecule has 0 radical (unpaired) electrons. The SMILES string of the molecule is CN(C)S(=O)(=O)c1ccccc1N(CCC(=O)O)C1CC1. The van der Waals surface area contributed by atoms with Gasteiger partial charge in [0.1, 0.15) is 4.90 Å². The van der Waals surface area contributed by atoms with Crippen molar-refractivity contribution in [3.63, 3.8) is 0 Å². The van der Waals surface area contributed by atoms with E-state index < -0.39 is 16.0 Å². The van der Waals surface area contributed by atoms with E-state index in [0.717, 1.165) is 12.8 Å². The molecule has 2 rings (SSSR count). The van der Waals surface area contributed by atoms with Gasteiger partial charge in [-0.2, -0.15) is 0 Å². The van der Waals surface area contributed by atoms with Crippen molar-refractivity contribution in [1.82, 2.24) is 4.31 Å². The summed E-state index contributed by atoms with van der Waals surface area (Å²) in [6.45, 7) is 0.319. The molecule has 0 atom stereocenters. The zero-order chi connectivity index (χ0) is 15.6. The van der Waals surface area contributed by atoms with E-state index in [9.17, 15) is 13.2 Å². The fourth-order valence-electron chi connectivity index (χ4n) is 2.21. The van der Waals surface area contributed by atoms with Gasteiger partial charge in [-0.3, -0.25) is 4.79 Å². The number of anilines is 1. The zero-order valence-electron chi connectivity index (χ0n) is 12.2. The smallest absolute Gasteiger partial charge is 0.305 e. The minimum Gasteiger partial charge on any atom is -0.481 e.